The Labute approximate surface area is 171 Å². The topological polar surface area (TPSA) is 77.1 Å². The summed E-state index contributed by atoms with van der Waals surface area (Å²) in [5.41, 5.74) is 1.12. The number of thioether (sulfide) groups is 1. The first kappa shape index (κ1) is 19.3. The molecule has 3 aromatic rings. The van der Waals surface area contributed by atoms with Crippen molar-refractivity contribution < 1.29 is 9.21 Å². The fourth-order valence-corrected chi connectivity index (χ4v) is 6.00. The zero-order valence-corrected chi connectivity index (χ0v) is 17.8. The van der Waals surface area contributed by atoms with Crippen molar-refractivity contribution in [2.24, 2.45) is 5.92 Å². The molecular formula is C20H23N3O3S2. The molecule has 1 amide bonds. The zero-order valence-electron chi connectivity index (χ0n) is 16.2. The molecule has 1 aliphatic carbocycles. The molecule has 0 bridgehead atoms. The van der Waals surface area contributed by atoms with Gasteiger partial charge >= 0.3 is 0 Å². The van der Waals surface area contributed by atoms with Crippen LogP contribution in [0.3, 0.4) is 0 Å². The Hall–Kier alpha value is -2.06. The summed E-state index contributed by atoms with van der Waals surface area (Å²) in [7, 11) is 1.61. The van der Waals surface area contributed by atoms with Crippen LogP contribution in [0.15, 0.2) is 32.8 Å². The van der Waals surface area contributed by atoms with E-state index >= 15 is 0 Å². The SMILES string of the molecule is CNC(=O)C(C)Sc1nc2sc3c(c2c(=O)n1Cc1ccco1)CCC(C)C3. The smallest absolute Gasteiger partial charge is 0.263 e. The van der Waals surface area contributed by atoms with E-state index < -0.39 is 0 Å². The van der Waals surface area contributed by atoms with Gasteiger partial charge in [0.25, 0.3) is 5.56 Å². The van der Waals surface area contributed by atoms with Gasteiger partial charge in [0, 0.05) is 11.9 Å². The molecule has 148 valence electrons. The third-order valence-corrected chi connectivity index (χ3v) is 7.41. The van der Waals surface area contributed by atoms with Crippen LogP contribution in [0, 0.1) is 5.92 Å². The van der Waals surface area contributed by atoms with Crippen LogP contribution in [0.1, 0.15) is 36.5 Å². The van der Waals surface area contributed by atoms with Crippen LogP contribution in [0.4, 0.5) is 0 Å². The summed E-state index contributed by atoms with van der Waals surface area (Å²) >= 11 is 2.93. The number of aromatic nitrogens is 2. The van der Waals surface area contributed by atoms with Gasteiger partial charge in [-0.15, -0.1) is 11.3 Å². The van der Waals surface area contributed by atoms with E-state index in [0.717, 1.165) is 29.5 Å². The summed E-state index contributed by atoms with van der Waals surface area (Å²) in [6.45, 7) is 4.37. The Bertz CT molecular complexity index is 1070. The summed E-state index contributed by atoms with van der Waals surface area (Å²) in [4.78, 5) is 32.4. The average molecular weight is 418 g/mol. The number of thiophene rings is 1. The molecule has 0 aliphatic heterocycles. The largest absolute Gasteiger partial charge is 0.467 e. The number of fused-ring (bicyclic) bond motifs is 3. The molecule has 1 N–H and O–H groups in total. The summed E-state index contributed by atoms with van der Waals surface area (Å²) < 4.78 is 7.12. The number of amides is 1. The number of furan rings is 1. The van der Waals surface area contributed by atoms with Crippen molar-refractivity contribution in [3.8, 4) is 0 Å². The second-order valence-electron chi connectivity index (χ2n) is 7.27. The van der Waals surface area contributed by atoms with Crippen molar-refractivity contribution in [2.75, 3.05) is 7.05 Å². The van der Waals surface area contributed by atoms with Crippen molar-refractivity contribution >= 4 is 39.2 Å². The van der Waals surface area contributed by atoms with Gasteiger partial charge in [-0.1, -0.05) is 18.7 Å². The van der Waals surface area contributed by atoms with Gasteiger partial charge in [0.1, 0.15) is 10.6 Å². The number of carbonyl (C=O) groups is 1. The fraction of sp³-hybridized carbons (Fsp3) is 0.450. The van der Waals surface area contributed by atoms with E-state index in [1.54, 1.807) is 35.3 Å². The van der Waals surface area contributed by atoms with E-state index in [2.05, 4.69) is 12.2 Å². The third-order valence-electron chi connectivity index (χ3n) is 5.17. The Morgan fingerprint density at radius 3 is 3.07 bits per heavy atom. The van der Waals surface area contributed by atoms with Crippen molar-refractivity contribution in [1.29, 1.82) is 0 Å². The Balaban J connectivity index is 1.85. The highest BCUT2D eigenvalue weighted by Gasteiger charge is 2.26. The third kappa shape index (κ3) is 3.51. The number of aryl methyl sites for hydroxylation is 1. The number of hydrogen-bond acceptors (Lipinski definition) is 6. The normalized spacial score (nSPS) is 17.5. The standard InChI is InChI=1S/C20H23N3O3S2/c1-11-6-7-14-15(9-11)28-18-16(14)19(25)23(10-13-5-4-8-26-13)20(22-18)27-12(2)17(24)21-3/h4-5,8,11-12H,6-7,9-10H2,1-3H3,(H,21,24). The lowest BCUT2D eigenvalue weighted by Crippen LogP contribution is -2.29. The molecular weight excluding hydrogens is 394 g/mol. The average Bonchev–Trinajstić information content (AvgIpc) is 3.30. The van der Waals surface area contributed by atoms with Crippen LogP contribution in [0.2, 0.25) is 0 Å². The summed E-state index contributed by atoms with van der Waals surface area (Å²) in [5.74, 6) is 1.23. The number of carbonyl (C=O) groups excluding carboxylic acids is 1. The molecule has 8 heteroatoms. The monoisotopic (exact) mass is 417 g/mol. The van der Waals surface area contributed by atoms with Crippen molar-refractivity contribution in [2.45, 2.75) is 50.1 Å². The van der Waals surface area contributed by atoms with Crippen LogP contribution >= 0.6 is 23.1 Å². The first-order valence-electron chi connectivity index (χ1n) is 9.43. The van der Waals surface area contributed by atoms with E-state index in [0.29, 0.717) is 23.4 Å². The molecule has 1 aliphatic rings. The minimum atomic E-state index is -0.355. The van der Waals surface area contributed by atoms with E-state index in [1.165, 1.54) is 22.2 Å². The lowest BCUT2D eigenvalue weighted by Gasteiger charge is -2.18. The van der Waals surface area contributed by atoms with Crippen LogP contribution < -0.4 is 10.9 Å². The van der Waals surface area contributed by atoms with E-state index in [1.807, 2.05) is 13.0 Å². The lowest BCUT2D eigenvalue weighted by molar-refractivity contribution is -0.119. The highest BCUT2D eigenvalue weighted by Crippen LogP contribution is 2.37. The molecule has 4 rings (SSSR count). The Morgan fingerprint density at radius 2 is 2.36 bits per heavy atom. The van der Waals surface area contributed by atoms with Crippen LogP contribution in [0.5, 0.6) is 0 Å². The maximum absolute atomic E-state index is 13.5. The maximum Gasteiger partial charge on any atom is 0.263 e. The minimum absolute atomic E-state index is 0.0416. The summed E-state index contributed by atoms with van der Waals surface area (Å²) in [6.07, 6.45) is 4.63. The molecule has 0 spiro atoms. The molecule has 2 atom stereocenters. The Morgan fingerprint density at radius 1 is 1.54 bits per heavy atom. The molecule has 0 saturated carbocycles. The fourth-order valence-electron chi connectivity index (χ4n) is 3.61. The predicted octanol–water partition coefficient (Wildman–Crippen LogP) is 3.45. The summed E-state index contributed by atoms with van der Waals surface area (Å²) in [6, 6.07) is 3.65. The van der Waals surface area contributed by atoms with Gasteiger partial charge in [-0.05, 0) is 49.8 Å². The van der Waals surface area contributed by atoms with Crippen molar-refractivity contribution in [3.63, 3.8) is 0 Å². The van der Waals surface area contributed by atoms with Gasteiger partial charge in [-0.2, -0.15) is 0 Å². The van der Waals surface area contributed by atoms with E-state index in [9.17, 15) is 9.59 Å². The van der Waals surface area contributed by atoms with Gasteiger partial charge in [-0.25, -0.2) is 4.98 Å². The second kappa shape index (κ2) is 7.75. The van der Waals surface area contributed by atoms with Gasteiger partial charge < -0.3 is 9.73 Å². The lowest BCUT2D eigenvalue weighted by atomic mass is 9.89. The second-order valence-corrected chi connectivity index (χ2v) is 9.66. The molecule has 28 heavy (non-hydrogen) atoms. The van der Waals surface area contributed by atoms with Crippen LogP contribution in [-0.2, 0) is 24.2 Å². The predicted molar refractivity (Wildman–Crippen MR) is 112 cm³/mol. The first-order chi connectivity index (χ1) is 13.5. The number of nitrogens with zero attached hydrogens (tertiary/aromatic N) is 2. The van der Waals surface area contributed by atoms with Crippen LogP contribution in [0.25, 0.3) is 10.2 Å². The van der Waals surface area contributed by atoms with Gasteiger partial charge in [-0.3, -0.25) is 14.2 Å². The van der Waals surface area contributed by atoms with Gasteiger partial charge in [0.15, 0.2) is 5.16 Å². The Kier molecular flexibility index (Phi) is 5.33. The highest BCUT2D eigenvalue weighted by atomic mass is 32.2. The highest BCUT2D eigenvalue weighted by molar-refractivity contribution is 8.00. The quantitative estimate of drug-likeness (QED) is 0.508. The maximum atomic E-state index is 13.5. The minimum Gasteiger partial charge on any atom is -0.467 e. The molecule has 0 fully saturated rings. The molecule has 0 saturated heterocycles. The zero-order chi connectivity index (χ0) is 19.8. The molecule has 3 heterocycles. The molecule has 0 radical (unpaired) electrons. The van der Waals surface area contributed by atoms with Crippen LogP contribution in [-0.4, -0.2) is 27.8 Å². The van der Waals surface area contributed by atoms with E-state index in [-0.39, 0.29) is 16.7 Å². The summed E-state index contributed by atoms with van der Waals surface area (Å²) in [5, 5.41) is 3.60. The number of hydrogen-bond donors (Lipinski definition) is 1. The molecule has 0 aromatic carbocycles. The number of rotatable bonds is 5. The van der Waals surface area contributed by atoms with Crippen molar-refractivity contribution in [3.05, 3.63) is 45.0 Å². The molecule has 6 nitrogen and oxygen atoms in total. The molecule has 3 aromatic heterocycles. The van der Waals surface area contributed by atoms with Gasteiger partial charge in [0.05, 0.1) is 23.4 Å². The number of nitrogens with one attached hydrogen (secondary N) is 1. The van der Waals surface area contributed by atoms with Crippen molar-refractivity contribution in [1.82, 2.24) is 14.9 Å². The van der Waals surface area contributed by atoms with E-state index in [4.69, 9.17) is 9.40 Å². The molecule has 2 unspecified atom stereocenters. The first-order valence-corrected chi connectivity index (χ1v) is 11.1. The van der Waals surface area contributed by atoms with Gasteiger partial charge in [0.2, 0.25) is 5.91 Å².